The maximum Gasteiger partial charge on any atom is 0.246 e. The number of hydrogen-bond donors (Lipinski definition) is 0. The van der Waals surface area contributed by atoms with E-state index >= 15 is 0 Å². The van der Waals surface area contributed by atoms with Gasteiger partial charge in [0.25, 0.3) is 0 Å². The molecule has 0 radical (unpaired) electrons. The van der Waals surface area contributed by atoms with Crippen LogP contribution in [0, 0.1) is 0 Å². The van der Waals surface area contributed by atoms with Gasteiger partial charge in [0, 0.05) is 43.6 Å². The average Bonchev–Trinajstić information content (AvgIpc) is 3.32. The lowest BCUT2D eigenvalue weighted by atomic mass is 10.4. The summed E-state index contributed by atoms with van der Waals surface area (Å²) in [5.74, 6) is 1.45. The second-order valence-electron chi connectivity index (χ2n) is 6.15. The molecule has 1 aromatic heterocycles. The van der Waals surface area contributed by atoms with Crippen molar-refractivity contribution in [3.8, 4) is 0 Å². The number of halogens is 2. The monoisotopic (exact) mass is 418 g/mol. The van der Waals surface area contributed by atoms with E-state index in [1.807, 2.05) is 0 Å². The van der Waals surface area contributed by atoms with Crippen molar-refractivity contribution in [1.29, 1.82) is 0 Å². The van der Waals surface area contributed by atoms with E-state index in [1.165, 1.54) is 40.8 Å². The molecule has 1 aliphatic carbocycles. The predicted molar refractivity (Wildman–Crippen MR) is 99.3 cm³/mol. The molecule has 0 atom stereocenters. The molecule has 2 aliphatic rings. The number of hydrogen-bond acceptors (Lipinski definition) is 6. The van der Waals surface area contributed by atoms with Crippen LogP contribution in [0.1, 0.15) is 24.6 Å². The Hall–Kier alpha value is -0.930. The fourth-order valence-electron chi connectivity index (χ4n) is 2.84. The van der Waals surface area contributed by atoms with Gasteiger partial charge in [-0.25, -0.2) is 13.4 Å². The minimum atomic E-state index is -3.72. The van der Waals surface area contributed by atoms with Crippen molar-refractivity contribution >= 4 is 49.9 Å². The number of rotatable bonds is 4. The van der Waals surface area contributed by atoms with Gasteiger partial charge in [-0.3, -0.25) is 0 Å². The first-order valence-electron chi connectivity index (χ1n) is 7.99. The minimum absolute atomic E-state index is 0.0151. The molecule has 1 aromatic carbocycles. The van der Waals surface area contributed by atoms with E-state index in [0.717, 1.165) is 11.0 Å². The normalized spacial score (nSPS) is 19.4. The molecule has 0 spiro atoms. The van der Waals surface area contributed by atoms with Crippen LogP contribution in [0.25, 0.3) is 0 Å². The standard InChI is InChI=1S/C15H16Cl2N4O2S2/c16-11-2-1-3-12(17)13(11)25(22,23)21-8-6-20(7-9-21)15-18-14(19-24-15)10-4-5-10/h1-3,10H,4-9H2. The Labute approximate surface area is 160 Å². The molecule has 134 valence electrons. The fraction of sp³-hybridized carbons (Fsp3) is 0.467. The molecular formula is C15H16Cl2N4O2S2. The molecule has 25 heavy (non-hydrogen) atoms. The SMILES string of the molecule is O=S(=O)(c1c(Cl)cccc1Cl)N1CCN(c2nc(C3CC3)ns2)CC1. The first-order valence-corrected chi connectivity index (χ1v) is 11.0. The number of piperazine rings is 1. The van der Waals surface area contributed by atoms with E-state index in [0.29, 0.717) is 32.1 Å². The zero-order valence-corrected chi connectivity index (χ0v) is 16.4. The zero-order valence-electron chi connectivity index (χ0n) is 13.2. The number of aromatic nitrogens is 2. The molecule has 10 heteroatoms. The molecule has 2 heterocycles. The Morgan fingerprint density at radius 3 is 2.32 bits per heavy atom. The Balaban J connectivity index is 1.49. The van der Waals surface area contributed by atoms with Gasteiger partial charge in [0.1, 0.15) is 10.7 Å². The summed E-state index contributed by atoms with van der Waals surface area (Å²) in [5.41, 5.74) is 0. The Morgan fingerprint density at radius 2 is 1.72 bits per heavy atom. The van der Waals surface area contributed by atoms with E-state index in [2.05, 4.69) is 14.3 Å². The number of benzene rings is 1. The summed E-state index contributed by atoms with van der Waals surface area (Å²) in [4.78, 5) is 6.66. The highest BCUT2D eigenvalue weighted by Gasteiger charge is 2.33. The van der Waals surface area contributed by atoms with Crippen LogP contribution in [-0.2, 0) is 10.0 Å². The first kappa shape index (κ1) is 17.5. The van der Waals surface area contributed by atoms with Crippen molar-refractivity contribution in [2.75, 3.05) is 31.1 Å². The van der Waals surface area contributed by atoms with Gasteiger partial charge in [-0.05, 0) is 25.0 Å². The van der Waals surface area contributed by atoms with Gasteiger partial charge in [0.15, 0.2) is 0 Å². The highest BCUT2D eigenvalue weighted by Crippen LogP contribution is 2.40. The van der Waals surface area contributed by atoms with E-state index < -0.39 is 10.0 Å². The molecule has 2 fully saturated rings. The van der Waals surface area contributed by atoms with Crippen molar-refractivity contribution in [3.05, 3.63) is 34.1 Å². The second kappa shape index (κ2) is 6.66. The summed E-state index contributed by atoms with van der Waals surface area (Å²) in [6.45, 7) is 1.87. The van der Waals surface area contributed by atoms with Crippen LogP contribution in [-0.4, -0.2) is 48.3 Å². The lowest BCUT2D eigenvalue weighted by Gasteiger charge is -2.33. The summed E-state index contributed by atoms with van der Waals surface area (Å²) < 4.78 is 31.6. The third kappa shape index (κ3) is 3.38. The van der Waals surface area contributed by atoms with Crippen LogP contribution in [0.3, 0.4) is 0 Å². The van der Waals surface area contributed by atoms with E-state index in [1.54, 1.807) is 6.07 Å². The van der Waals surface area contributed by atoms with Crippen LogP contribution >= 0.6 is 34.7 Å². The number of sulfonamides is 1. The van der Waals surface area contributed by atoms with E-state index in [4.69, 9.17) is 23.2 Å². The van der Waals surface area contributed by atoms with E-state index in [-0.39, 0.29) is 14.9 Å². The van der Waals surface area contributed by atoms with Crippen LogP contribution in [0.2, 0.25) is 10.0 Å². The van der Waals surface area contributed by atoms with Gasteiger partial charge >= 0.3 is 0 Å². The lowest BCUT2D eigenvalue weighted by molar-refractivity contribution is 0.384. The maximum atomic E-state index is 12.9. The zero-order chi connectivity index (χ0) is 17.6. The van der Waals surface area contributed by atoms with Gasteiger partial charge in [-0.1, -0.05) is 29.3 Å². The molecule has 0 bridgehead atoms. The van der Waals surface area contributed by atoms with Crippen LogP contribution in [0.4, 0.5) is 5.13 Å². The highest BCUT2D eigenvalue weighted by atomic mass is 35.5. The van der Waals surface area contributed by atoms with E-state index in [9.17, 15) is 8.42 Å². The number of anilines is 1. The highest BCUT2D eigenvalue weighted by molar-refractivity contribution is 7.89. The average molecular weight is 419 g/mol. The Kier molecular flexibility index (Phi) is 4.66. The summed E-state index contributed by atoms with van der Waals surface area (Å²) in [7, 11) is -3.72. The fourth-order valence-corrected chi connectivity index (χ4v) is 6.15. The maximum absolute atomic E-state index is 12.9. The number of nitrogens with zero attached hydrogens (tertiary/aromatic N) is 4. The summed E-state index contributed by atoms with van der Waals surface area (Å²) >= 11 is 13.5. The predicted octanol–water partition coefficient (Wildman–Crippen LogP) is 3.23. The molecule has 2 aromatic rings. The molecule has 0 amide bonds. The summed E-state index contributed by atoms with van der Waals surface area (Å²) in [5, 5.41) is 1.16. The van der Waals surface area contributed by atoms with Gasteiger partial charge in [-0.2, -0.15) is 8.68 Å². The molecule has 0 N–H and O–H groups in total. The van der Waals surface area contributed by atoms with Gasteiger partial charge in [0.05, 0.1) is 10.0 Å². The van der Waals surface area contributed by atoms with Gasteiger partial charge in [-0.15, -0.1) is 0 Å². The molecule has 0 unspecified atom stereocenters. The van der Waals surface area contributed by atoms with Crippen LogP contribution in [0.5, 0.6) is 0 Å². The van der Waals surface area contributed by atoms with Crippen molar-refractivity contribution < 1.29 is 8.42 Å². The topological polar surface area (TPSA) is 66.4 Å². The van der Waals surface area contributed by atoms with Crippen LogP contribution < -0.4 is 4.90 Å². The van der Waals surface area contributed by atoms with Gasteiger partial charge < -0.3 is 4.90 Å². The molecule has 1 saturated heterocycles. The Morgan fingerprint density at radius 1 is 1.08 bits per heavy atom. The van der Waals surface area contributed by atoms with Crippen molar-refractivity contribution in [2.24, 2.45) is 0 Å². The third-order valence-electron chi connectivity index (χ3n) is 4.40. The first-order chi connectivity index (χ1) is 12.0. The molecule has 4 rings (SSSR count). The van der Waals surface area contributed by atoms with Crippen LogP contribution in [0.15, 0.2) is 23.1 Å². The summed E-state index contributed by atoms with van der Waals surface area (Å²) in [6.07, 6.45) is 2.33. The molecule has 6 nitrogen and oxygen atoms in total. The molecule has 1 saturated carbocycles. The van der Waals surface area contributed by atoms with Crippen molar-refractivity contribution in [1.82, 2.24) is 13.7 Å². The van der Waals surface area contributed by atoms with Crippen molar-refractivity contribution in [2.45, 2.75) is 23.7 Å². The smallest absolute Gasteiger partial charge is 0.246 e. The lowest BCUT2D eigenvalue weighted by Crippen LogP contribution is -2.48. The third-order valence-corrected chi connectivity index (χ3v) is 8.05. The minimum Gasteiger partial charge on any atom is -0.344 e. The van der Waals surface area contributed by atoms with Gasteiger partial charge in [0.2, 0.25) is 15.2 Å². The largest absolute Gasteiger partial charge is 0.344 e. The molecular weight excluding hydrogens is 403 g/mol. The van der Waals surface area contributed by atoms with Crippen molar-refractivity contribution in [3.63, 3.8) is 0 Å². The summed E-state index contributed by atoms with van der Waals surface area (Å²) in [6, 6.07) is 4.71. The second-order valence-corrected chi connectivity index (χ2v) is 9.57. The Bertz CT molecular complexity index is 870. The quantitative estimate of drug-likeness (QED) is 0.761. The molecule has 1 aliphatic heterocycles.